The third-order valence-electron chi connectivity index (χ3n) is 3.25. The molecule has 19 heavy (non-hydrogen) atoms. The molecule has 0 bridgehead atoms. The van der Waals surface area contributed by atoms with Crippen molar-refractivity contribution in [3.8, 4) is 0 Å². The van der Waals surface area contributed by atoms with Crippen LogP contribution in [0.25, 0.3) is 0 Å². The number of benzene rings is 1. The number of hydrogen-bond donors (Lipinski definition) is 3. The van der Waals surface area contributed by atoms with Crippen molar-refractivity contribution < 1.29 is 15.0 Å². The zero-order valence-corrected chi connectivity index (χ0v) is 11.8. The van der Waals surface area contributed by atoms with Crippen LogP contribution in [0.2, 0.25) is 0 Å². The summed E-state index contributed by atoms with van der Waals surface area (Å²) in [5, 5.41) is 21.8. The van der Waals surface area contributed by atoms with Crippen LogP contribution in [0.5, 0.6) is 0 Å². The van der Waals surface area contributed by atoms with Crippen molar-refractivity contribution in [2.45, 2.75) is 45.3 Å². The first-order valence-corrected chi connectivity index (χ1v) is 6.69. The van der Waals surface area contributed by atoms with Crippen molar-refractivity contribution in [1.82, 2.24) is 5.32 Å². The van der Waals surface area contributed by atoms with Crippen LogP contribution in [0, 0.1) is 0 Å². The molecule has 2 unspecified atom stereocenters. The highest BCUT2D eigenvalue weighted by Crippen LogP contribution is 2.18. The molecule has 0 heterocycles. The van der Waals surface area contributed by atoms with Crippen LogP contribution >= 0.6 is 0 Å². The minimum Gasteiger partial charge on any atom is -0.480 e. The first-order chi connectivity index (χ1) is 8.95. The summed E-state index contributed by atoms with van der Waals surface area (Å²) in [7, 11) is 0. The number of carbonyl (C=O) groups is 1. The molecule has 3 N–H and O–H groups in total. The van der Waals surface area contributed by atoms with Crippen LogP contribution in [-0.4, -0.2) is 28.8 Å². The van der Waals surface area contributed by atoms with Crippen LogP contribution in [0.1, 0.15) is 50.3 Å². The van der Waals surface area contributed by atoms with E-state index in [-0.39, 0.29) is 6.54 Å². The topological polar surface area (TPSA) is 69.6 Å². The highest BCUT2D eigenvalue weighted by atomic mass is 16.4. The molecule has 106 valence electrons. The Bertz CT molecular complexity index is 400. The lowest BCUT2D eigenvalue weighted by atomic mass is 10.00. The van der Waals surface area contributed by atoms with E-state index in [2.05, 4.69) is 19.2 Å². The molecule has 0 aliphatic carbocycles. The van der Waals surface area contributed by atoms with Gasteiger partial charge < -0.3 is 15.5 Å². The summed E-state index contributed by atoms with van der Waals surface area (Å²) in [6.07, 6.45) is -0.191. The summed E-state index contributed by atoms with van der Waals surface area (Å²) >= 11 is 0. The van der Waals surface area contributed by atoms with E-state index < -0.39 is 18.1 Å². The van der Waals surface area contributed by atoms with E-state index >= 15 is 0 Å². The lowest BCUT2D eigenvalue weighted by molar-refractivity contribution is -0.139. The number of aliphatic hydroxyl groups is 1. The maximum atomic E-state index is 10.9. The molecule has 2 atom stereocenters. The van der Waals surface area contributed by atoms with Crippen molar-refractivity contribution in [1.29, 1.82) is 0 Å². The summed E-state index contributed by atoms with van der Waals surface area (Å²) in [5.41, 5.74) is 2.03. The first kappa shape index (κ1) is 15.7. The quantitative estimate of drug-likeness (QED) is 0.707. The van der Waals surface area contributed by atoms with Gasteiger partial charge in [0.05, 0.1) is 6.10 Å². The fourth-order valence-corrected chi connectivity index (χ4v) is 1.88. The van der Waals surface area contributed by atoms with Gasteiger partial charge in [-0.1, -0.05) is 45.0 Å². The molecule has 4 heteroatoms. The van der Waals surface area contributed by atoms with Crippen molar-refractivity contribution >= 4 is 5.97 Å². The first-order valence-electron chi connectivity index (χ1n) is 6.69. The molecule has 1 rings (SSSR count). The number of rotatable bonds is 7. The van der Waals surface area contributed by atoms with Crippen molar-refractivity contribution in [3.63, 3.8) is 0 Å². The van der Waals surface area contributed by atoms with Gasteiger partial charge >= 0.3 is 5.97 Å². The second kappa shape index (κ2) is 7.26. The zero-order chi connectivity index (χ0) is 14.4. The molecule has 0 saturated carbocycles. The average molecular weight is 265 g/mol. The van der Waals surface area contributed by atoms with Gasteiger partial charge in [0.2, 0.25) is 0 Å². The Balaban J connectivity index is 2.58. The second-order valence-corrected chi connectivity index (χ2v) is 5.04. The monoisotopic (exact) mass is 265 g/mol. The van der Waals surface area contributed by atoms with Gasteiger partial charge in [0.1, 0.15) is 6.04 Å². The van der Waals surface area contributed by atoms with Crippen LogP contribution in [0.4, 0.5) is 0 Å². The maximum Gasteiger partial charge on any atom is 0.320 e. The largest absolute Gasteiger partial charge is 0.480 e. The molecule has 0 fully saturated rings. The van der Waals surface area contributed by atoms with Gasteiger partial charge in [-0.25, -0.2) is 0 Å². The molecular weight excluding hydrogens is 242 g/mol. The Morgan fingerprint density at radius 3 is 2.16 bits per heavy atom. The fraction of sp³-hybridized carbons (Fsp3) is 0.533. The standard InChI is InChI=1S/C15H23NO3/c1-4-13(15(18)19)16-9-14(17)12-7-5-11(6-8-12)10(2)3/h5-8,10,13-14,16-17H,4,9H2,1-3H3,(H,18,19). The Hall–Kier alpha value is -1.39. The van der Waals surface area contributed by atoms with E-state index in [0.717, 1.165) is 5.56 Å². The summed E-state index contributed by atoms with van der Waals surface area (Å²) in [4.78, 5) is 10.9. The average Bonchev–Trinajstić information content (AvgIpc) is 2.38. The van der Waals surface area contributed by atoms with Crippen molar-refractivity contribution in [2.75, 3.05) is 6.54 Å². The smallest absolute Gasteiger partial charge is 0.320 e. The summed E-state index contributed by atoms with van der Waals surface area (Å²) in [6.45, 7) is 6.28. The molecule has 1 aromatic carbocycles. The van der Waals surface area contributed by atoms with E-state index in [1.54, 1.807) is 6.92 Å². The molecule has 4 nitrogen and oxygen atoms in total. The molecule has 0 amide bonds. The third-order valence-corrected chi connectivity index (χ3v) is 3.25. The summed E-state index contributed by atoms with van der Waals surface area (Å²) < 4.78 is 0. The molecule has 0 aromatic heterocycles. The Labute approximate surface area is 114 Å². The normalized spacial score (nSPS) is 14.4. The van der Waals surface area contributed by atoms with Gasteiger partial charge in [0.25, 0.3) is 0 Å². The number of aliphatic carboxylic acids is 1. The third kappa shape index (κ3) is 4.65. The van der Waals surface area contributed by atoms with E-state index in [1.165, 1.54) is 5.56 Å². The van der Waals surface area contributed by atoms with Gasteiger partial charge in [-0.15, -0.1) is 0 Å². The van der Waals surface area contributed by atoms with E-state index in [0.29, 0.717) is 12.3 Å². The van der Waals surface area contributed by atoms with Crippen molar-refractivity contribution in [3.05, 3.63) is 35.4 Å². The second-order valence-electron chi connectivity index (χ2n) is 5.04. The number of aliphatic hydroxyl groups excluding tert-OH is 1. The highest BCUT2D eigenvalue weighted by Gasteiger charge is 2.16. The van der Waals surface area contributed by atoms with Crippen LogP contribution in [0.15, 0.2) is 24.3 Å². The Morgan fingerprint density at radius 1 is 1.21 bits per heavy atom. The molecular formula is C15H23NO3. The maximum absolute atomic E-state index is 10.9. The molecule has 0 radical (unpaired) electrons. The minimum absolute atomic E-state index is 0.242. The van der Waals surface area contributed by atoms with E-state index in [4.69, 9.17) is 5.11 Å². The fourth-order valence-electron chi connectivity index (χ4n) is 1.88. The van der Waals surface area contributed by atoms with Gasteiger partial charge in [-0.3, -0.25) is 4.79 Å². The van der Waals surface area contributed by atoms with E-state index in [1.807, 2.05) is 24.3 Å². The molecule has 0 aliphatic heterocycles. The number of hydrogen-bond acceptors (Lipinski definition) is 3. The lowest BCUT2D eigenvalue weighted by Gasteiger charge is -2.17. The van der Waals surface area contributed by atoms with Gasteiger partial charge in [0, 0.05) is 6.54 Å². The molecule has 0 aliphatic rings. The SMILES string of the molecule is CCC(NCC(O)c1ccc(C(C)C)cc1)C(=O)O. The van der Waals surface area contributed by atoms with Crippen LogP contribution in [-0.2, 0) is 4.79 Å². The minimum atomic E-state index is -0.884. The van der Waals surface area contributed by atoms with Crippen molar-refractivity contribution in [2.24, 2.45) is 0 Å². The number of carboxylic acid groups (broad SMARTS) is 1. The predicted molar refractivity (Wildman–Crippen MR) is 75.2 cm³/mol. The Morgan fingerprint density at radius 2 is 1.74 bits per heavy atom. The van der Waals surface area contributed by atoms with Gasteiger partial charge in [0.15, 0.2) is 0 Å². The Kier molecular flexibility index (Phi) is 5.99. The molecule has 1 aromatic rings. The van der Waals surface area contributed by atoms with Crippen LogP contribution < -0.4 is 5.32 Å². The van der Waals surface area contributed by atoms with E-state index in [9.17, 15) is 9.90 Å². The van der Waals surface area contributed by atoms with Gasteiger partial charge in [-0.2, -0.15) is 0 Å². The lowest BCUT2D eigenvalue weighted by Crippen LogP contribution is -2.38. The number of nitrogens with one attached hydrogen (secondary N) is 1. The summed E-state index contributed by atoms with van der Waals surface area (Å²) in [6, 6.07) is 7.17. The zero-order valence-electron chi connectivity index (χ0n) is 11.8. The predicted octanol–water partition coefficient (Wildman–Crippen LogP) is 2.30. The van der Waals surface area contributed by atoms with Crippen LogP contribution in [0.3, 0.4) is 0 Å². The number of carboxylic acids is 1. The molecule has 0 saturated heterocycles. The molecule has 0 spiro atoms. The summed E-state index contributed by atoms with van der Waals surface area (Å²) in [5.74, 6) is -0.425. The van der Waals surface area contributed by atoms with Gasteiger partial charge in [-0.05, 0) is 23.5 Å². The highest BCUT2D eigenvalue weighted by molar-refractivity contribution is 5.73.